The molecule has 3 rings (SSSR count). The molecule has 1 aromatic carbocycles. The highest BCUT2D eigenvalue weighted by Crippen LogP contribution is 2.28. The highest BCUT2D eigenvalue weighted by Gasteiger charge is 2.31. The van der Waals surface area contributed by atoms with Gasteiger partial charge in [0.15, 0.2) is 5.13 Å². The Morgan fingerprint density at radius 3 is 2.88 bits per heavy atom. The van der Waals surface area contributed by atoms with Crippen molar-refractivity contribution in [1.82, 2.24) is 9.88 Å². The van der Waals surface area contributed by atoms with Crippen molar-refractivity contribution in [3.05, 3.63) is 45.4 Å². The zero-order valence-electron chi connectivity index (χ0n) is 13.7. The van der Waals surface area contributed by atoms with Crippen LogP contribution in [-0.2, 0) is 11.2 Å². The molecule has 2 aromatic rings. The Bertz CT molecular complexity index is 808. The molecule has 1 aliphatic heterocycles. The first kappa shape index (κ1) is 17.7. The molecule has 1 fully saturated rings. The molecule has 0 saturated carbocycles. The summed E-state index contributed by atoms with van der Waals surface area (Å²) in [5.41, 5.74) is 1.86. The van der Waals surface area contributed by atoms with Gasteiger partial charge < -0.3 is 10.0 Å². The molecule has 1 aromatic heterocycles. The largest absolute Gasteiger partial charge is 0.481 e. The van der Waals surface area contributed by atoms with Crippen LogP contribution in [0.2, 0.25) is 5.02 Å². The van der Waals surface area contributed by atoms with Crippen LogP contribution in [0.1, 0.15) is 22.6 Å². The summed E-state index contributed by atoms with van der Waals surface area (Å²) in [6, 6.07) is 7.34. The van der Waals surface area contributed by atoms with E-state index in [0.717, 1.165) is 16.1 Å². The molecule has 2 N–H and O–H groups in total. The lowest BCUT2D eigenvalue weighted by Crippen LogP contribution is -2.33. The fourth-order valence-electron chi connectivity index (χ4n) is 2.78. The summed E-state index contributed by atoms with van der Waals surface area (Å²) in [7, 11) is 0. The number of aliphatic carboxylic acids is 1. The molecule has 0 radical (unpaired) electrons. The SMILES string of the molecule is Cc1nc(NC(=O)N2CCC(C(=O)O)C2)sc1Cc1ccccc1Cl. The number of nitrogens with zero attached hydrogens (tertiary/aromatic N) is 2. The maximum atomic E-state index is 12.3. The van der Waals surface area contributed by atoms with Crippen molar-refractivity contribution >= 4 is 40.1 Å². The van der Waals surface area contributed by atoms with Gasteiger partial charge >= 0.3 is 12.0 Å². The highest BCUT2D eigenvalue weighted by atomic mass is 35.5. The van der Waals surface area contributed by atoms with Gasteiger partial charge in [0.2, 0.25) is 0 Å². The molecule has 1 atom stereocenters. The zero-order chi connectivity index (χ0) is 18.0. The van der Waals surface area contributed by atoms with Gasteiger partial charge in [0, 0.05) is 29.4 Å². The smallest absolute Gasteiger partial charge is 0.323 e. The maximum absolute atomic E-state index is 12.3. The Morgan fingerprint density at radius 1 is 1.44 bits per heavy atom. The molecule has 6 nitrogen and oxygen atoms in total. The minimum absolute atomic E-state index is 0.234. The maximum Gasteiger partial charge on any atom is 0.323 e. The number of halogens is 1. The number of carbonyl (C=O) groups excluding carboxylic acids is 1. The van der Waals surface area contributed by atoms with E-state index in [9.17, 15) is 9.59 Å². The number of nitrogens with one attached hydrogen (secondary N) is 1. The molecule has 132 valence electrons. The molecular weight excluding hydrogens is 362 g/mol. The third-order valence-electron chi connectivity index (χ3n) is 4.24. The van der Waals surface area contributed by atoms with Crippen LogP contribution >= 0.6 is 22.9 Å². The Morgan fingerprint density at radius 2 is 2.20 bits per heavy atom. The van der Waals surface area contributed by atoms with Gasteiger partial charge in [-0.25, -0.2) is 9.78 Å². The third kappa shape index (κ3) is 4.11. The summed E-state index contributed by atoms with van der Waals surface area (Å²) < 4.78 is 0. The number of aromatic nitrogens is 1. The molecule has 1 unspecified atom stereocenters. The summed E-state index contributed by atoms with van der Waals surface area (Å²) >= 11 is 7.62. The predicted octanol–water partition coefficient (Wildman–Crippen LogP) is 3.63. The molecule has 25 heavy (non-hydrogen) atoms. The van der Waals surface area contributed by atoms with E-state index in [1.807, 2.05) is 31.2 Å². The van der Waals surface area contributed by atoms with Crippen molar-refractivity contribution in [3.63, 3.8) is 0 Å². The number of carboxylic acid groups (broad SMARTS) is 1. The van der Waals surface area contributed by atoms with Crippen molar-refractivity contribution in [2.24, 2.45) is 5.92 Å². The van der Waals surface area contributed by atoms with Gasteiger partial charge in [-0.3, -0.25) is 10.1 Å². The number of amides is 2. The summed E-state index contributed by atoms with van der Waals surface area (Å²) in [5, 5.41) is 13.0. The van der Waals surface area contributed by atoms with Crippen molar-refractivity contribution < 1.29 is 14.7 Å². The quantitative estimate of drug-likeness (QED) is 0.849. The lowest BCUT2D eigenvalue weighted by atomic mass is 10.1. The topological polar surface area (TPSA) is 82.5 Å². The lowest BCUT2D eigenvalue weighted by molar-refractivity contribution is -0.141. The van der Waals surface area contributed by atoms with Crippen molar-refractivity contribution in [3.8, 4) is 0 Å². The number of hydrogen-bond donors (Lipinski definition) is 2. The monoisotopic (exact) mass is 379 g/mol. The van der Waals surface area contributed by atoms with Crippen LogP contribution < -0.4 is 5.32 Å². The molecular formula is C17H18ClN3O3S. The average molecular weight is 380 g/mol. The standard InChI is InChI=1S/C17H18ClN3O3S/c1-10-14(8-11-4-2-3-5-13(11)18)25-16(19-10)20-17(24)21-7-6-12(9-21)15(22)23/h2-5,12H,6-9H2,1H3,(H,22,23)(H,19,20,24). The van der Waals surface area contributed by atoms with Gasteiger partial charge in [-0.2, -0.15) is 0 Å². The van der Waals surface area contributed by atoms with E-state index in [1.54, 1.807) is 0 Å². The second kappa shape index (κ2) is 7.41. The van der Waals surface area contributed by atoms with Crippen molar-refractivity contribution in [2.75, 3.05) is 18.4 Å². The Balaban J connectivity index is 1.65. The number of hydrogen-bond acceptors (Lipinski definition) is 4. The molecule has 0 aliphatic carbocycles. The van der Waals surface area contributed by atoms with E-state index >= 15 is 0 Å². The van der Waals surface area contributed by atoms with Gasteiger partial charge in [0.1, 0.15) is 0 Å². The van der Waals surface area contributed by atoms with Crippen LogP contribution in [0.4, 0.5) is 9.93 Å². The lowest BCUT2D eigenvalue weighted by Gasteiger charge is -2.15. The molecule has 2 amide bonds. The first-order valence-corrected chi connectivity index (χ1v) is 9.12. The van der Waals surface area contributed by atoms with Crippen LogP contribution in [0, 0.1) is 12.8 Å². The second-order valence-electron chi connectivity index (χ2n) is 6.00. The number of thiazole rings is 1. The van der Waals surface area contributed by atoms with E-state index in [-0.39, 0.29) is 12.6 Å². The first-order chi connectivity index (χ1) is 11.9. The fourth-order valence-corrected chi connectivity index (χ4v) is 3.95. The fraction of sp³-hybridized carbons (Fsp3) is 0.353. The van der Waals surface area contributed by atoms with E-state index < -0.39 is 11.9 Å². The Hall–Kier alpha value is -2.12. The minimum atomic E-state index is -0.859. The Kier molecular flexibility index (Phi) is 5.24. The number of carboxylic acids is 1. The minimum Gasteiger partial charge on any atom is -0.481 e. The first-order valence-electron chi connectivity index (χ1n) is 7.92. The number of anilines is 1. The summed E-state index contributed by atoms with van der Waals surface area (Å²) in [6.07, 6.45) is 1.14. The van der Waals surface area contributed by atoms with Crippen LogP contribution in [0.5, 0.6) is 0 Å². The van der Waals surface area contributed by atoms with Crippen LogP contribution in [0.25, 0.3) is 0 Å². The number of carbonyl (C=O) groups is 2. The number of likely N-dealkylation sites (tertiary alicyclic amines) is 1. The average Bonchev–Trinajstić information content (AvgIpc) is 3.17. The van der Waals surface area contributed by atoms with Crippen molar-refractivity contribution in [2.45, 2.75) is 19.8 Å². The molecule has 1 saturated heterocycles. The molecule has 8 heteroatoms. The Labute approximate surface area is 154 Å². The molecule has 2 heterocycles. The van der Waals surface area contributed by atoms with Gasteiger partial charge in [-0.1, -0.05) is 29.8 Å². The highest BCUT2D eigenvalue weighted by molar-refractivity contribution is 7.15. The van der Waals surface area contributed by atoms with E-state index in [0.29, 0.717) is 29.5 Å². The summed E-state index contributed by atoms with van der Waals surface area (Å²) in [4.78, 5) is 30.2. The number of urea groups is 1. The van der Waals surface area contributed by atoms with Gasteiger partial charge in [-0.05, 0) is 25.0 Å². The summed E-state index contributed by atoms with van der Waals surface area (Å²) in [6.45, 7) is 2.58. The predicted molar refractivity (Wildman–Crippen MR) is 97.4 cm³/mol. The zero-order valence-corrected chi connectivity index (χ0v) is 15.2. The molecule has 0 bridgehead atoms. The van der Waals surface area contributed by atoms with Crippen molar-refractivity contribution in [1.29, 1.82) is 0 Å². The third-order valence-corrected chi connectivity index (χ3v) is 5.68. The number of aryl methyl sites for hydroxylation is 1. The number of benzene rings is 1. The van der Waals surface area contributed by atoms with Crippen LogP contribution in [-0.4, -0.2) is 40.1 Å². The molecule has 0 spiro atoms. The van der Waals surface area contributed by atoms with Gasteiger partial charge in [-0.15, -0.1) is 11.3 Å². The van der Waals surface area contributed by atoms with Gasteiger partial charge in [0.25, 0.3) is 0 Å². The van der Waals surface area contributed by atoms with E-state index in [2.05, 4.69) is 10.3 Å². The van der Waals surface area contributed by atoms with Gasteiger partial charge in [0.05, 0.1) is 11.6 Å². The molecule has 1 aliphatic rings. The second-order valence-corrected chi connectivity index (χ2v) is 7.49. The van der Waals surface area contributed by atoms with Crippen LogP contribution in [0.15, 0.2) is 24.3 Å². The van der Waals surface area contributed by atoms with Crippen LogP contribution in [0.3, 0.4) is 0 Å². The summed E-state index contributed by atoms with van der Waals surface area (Å²) in [5.74, 6) is -1.35. The van der Waals surface area contributed by atoms with E-state index in [1.165, 1.54) is 16.2 Å². The van der Waals surface area contributed by atoms with E-state index in [4.69, 9.17) is 16.7 Å². The number of rotatable bonds is 4. The normalized spacial score (nSPS) is 16.9.